The third-order valence-corrected chi connectivity index (χ3v) is 14.4. The van der Waals surface area contributed by atoms with Crippen LogP contribution in [-0.2, 0) is 0 Å². The summed E-state index contributed by atoms with van der Waals surface area (Å²) >= 11 is 1.84. The molecular formula is C60H36N2O2S. The number of hydrogen-bond donors (Lipinski definition) is 0. The summed E-state index contributed by atoms with van der Waals surface area (Å²) in [4.78, 5) is 2.44. The van der Waals surface area contributed by atoms with Gasteiger partial charge in [0.1, 0.15) is 22.3 Å². The van der Waals surface area contributed by atoms with E-state index in [-0.39, 0.29) is 0 Å². The van der Waals surface area contributed by atoms with Crippen LogP contribution in [-0.4, -0.2) is 4.57 Å². The minimum Gasteiger partial charge on any atom is -0.456 e. The van der Waals surface area contributed by atoms with Crippen LogP contribution in [0.2, 0.25) is 0 Å². The largest absolute Gasteiger partial charge is 0.456 e. The van der Waals surface area contributed by atoms with Crippen molar-refractivity contribution in [1.82, 2.24) is 4.57 Å². The van der Waals surface area contributed by atoms with E-state index in [0.29, 0.717) is 0 Å². The van der Waals surface area contributed by atoms with E-state index in [9.17, 15) is 0 Å². The summed E-state index contributed by atoms with van der Waals surface area (Å²) in [5.74, 6) is 0. The third-order valence-electron chi connectivity index (χ3n) is 13.2. The number of anilines is 3. The van der Waals surface area contributed by atoms with Gasteiger partial charge in [0.05, 0.1) is 32.5 Å². The Kier molecular flexibility index (Phi) is 7.82. The molecule has 0 radical (unpaired) electrons. The number of aromatic nitrogens is 1. The molecule has 0 N–H and O–H groups in total. The van der Waals surface area contributed by atoms with Gasteiger partial charge in [-0.25, -0.2) is 0 Å². The number of thiophene rings is 1. The van der Waals surface area contributed by atoms with Gasteiger partial charge in [-0.05, 0) is 95.6 Å². The monoisotopic (exact) mass is 848 g/mol. The van der Waals surface area contributed by atoms with Crippen LogP contribution in [0.4, 0.5) is 17.1 Å². The molecule has 14 rings (SSSR count). The summed E-state index contributed by atoms with van der Waals surface area (Å²) in [5, 5.41) is 9.39. The van der Waals surface area contributed by atoms with Gasteiger partial charge in [0, 0.05) is 59.3 Å². The smallest absolute Gasteiger partial charge is 0.145 e. The van der Waals surface area contributed by atoms with Crippen molar-refractivity contribution >= 4 is 114 Å². The molecule has 0 unspecified atom stereocenters. The van der Waals surface area contributed by atoms with E-state index in [1.165, 1.54) is 42.0 Å². The Morgan fingerprint density at radius 1 is 0.385 bits per heavy atom. The predicted octanol–water partition coefficient (Wildman–Crippen LogP) is 17.8. The minimum atomic E-state index is 0.852. The molecular weight excluding hydrogens is 813 g/mol. The van der Waals surface area contributed by atoms with E-state index < -0.39 is 0 Å². The highest BCUT2D eigenvalue weighted by Gasteiger charge is 2.25. The first-order valence-corrected chi connectivity index (χ1v) is 22.8. The average molecular weight is 849 g/mol. The minimum absolute atomic E-state index is 0.852. The summed E-state index contributed by atoms with van der Waals surface area (Å²) in [7, 11) is 0. The molecule has 0 saturated heterocycles. The molecule has 65 heavy (non-hydrogen) atoms. The number of rotatable bonds is 6. The Hall–Kier alpha value is -8.38. The Balaban J connectivity index is 0.994. The molecule has 0 aliphatic carbocycles. The topological polar surface area (TPSA) is 34.5 Å². The highest BCUT2D eigenvalue weighted by atomic mass is 32.1. The number of nitrogens with zero attached hydrogens (tertiary/aromatic N) is 2. The molecule has 0 aliphatic rings. The molecule has 0 atom stereocenters. The molecule has 10 aromatic carbocycles. The molecule has 0 bridgehead atoms. The zero-order chi connectivity index (χ0) is 42.6. The lowest BCUT2D eigenvalue weighted by Crippen LogP contribution is -2.10. The quantitative estimate of drug-likeness (QED) is 0.167. The highest BCUT2D eigenvalue weighted by molar-refractivity contribution is 7.26. The molecule has 4 nitrogen and oxygen atoms in total. The zero-order valence-corrected chi connectivity index (χ0v) is 35.7. The zero-order valence-electron chi connectivity index (χ0n) is 34.9. The fourth-order valence-electron chi connectivity index (χ4n) is 10.4. The van der Waals surface area contributed by atoms with Gasteiger partial charge in [0.2, 0.25) is 0 Å². The Morgan fingerprint density at radius 2 is 1.00 bits per heavy atom. The van der Waals surface area contributed by atoms with Crippen LogP contribution in [0.1, 0.15) is 0 Å². The van der Waals surface area contributed by atoms with Crippen LogP contribution < -0.4 is 4.90 Å². The molecule has 0 spiro atoms. The van der Waals surface area contributed by atoms with Gasteiger partial charge in [0.15, 0.2) is 0 Å². The molecule has 0 fully saturated rings. The number of para-hydroxylation sites is 4. The Morgan fingerprint density at radius 3 is 1.78 bits per heavy atom. The van der Waals surface area contributed by atoms with E-state index in [1.54, 1.807) is 0 Å². The second kappa shape index (κ2) is 14.1. The van der Waals surface area contributed by atoms with Crippen LogP contribution in [0.5, 0.6) is 0 Å². The average Bonchev–Trinajstić information content (AvgIpc) is 4.14. The molecule has 0 saturated carbocycles. The van der Waals surface area contributed by atoms with Crippen LogP contribution in [0, 0.1) is 0 Å². The predicted molar refractivity (Wildman–Crippen MR) is 274 cm³/mol. The van der Waals surface area contributed by atoms with E-state index >= 15 is 0 Å². The maximum Gasteiger partial charge on any atom is 0.145 e. The van der Waals surface area contributed by atoms with Crippen LogP contribution in [0.25, 0.3) is 114 Å². The van der Waals surface area contributed by atoms with Crippen LogP contribution in [0.3, 0.4) is 0 Å². The van der Waals surface area contributed by atoms with Crippen LogP contribution >= 0.6 is 11.3 Å². The van der Waals surface area contributed by atoms with E-state index in [0.717, 1.165) is 88.9 Å². The lowest BCUT2D eigenvalue weighted by molar-refractivity contribution is 0.669. The SMILES string of the molecule is c1cc(-c2ccc(N(c3ccc(-c4cccc5oc6ccccc6c45)cc3)c3cccc4c3sc3ccccc34)c3c2oc2ccccc23)cc(-n2c3ccccc3c3ccccc32)c1. The molecule has 4 heterocycles. The first-order chi connectivity index (χ1) is 32.2. The molecule has 304 valence electrons. The van der Waals surface area contributed by atoms with Gasteiger partial charge >= 0.3 is 0 Å². The number of hydrogen-bond acceptors (Lipinski definition) is 4. The van der Waals surface area contributed by atoms with E-state index in [1.807, 2.05) is 23.5 Å². The van der Waals surface area contributed by atoms with Crippen molar-refractivity contribution in [3.8, 4) is 27.9 Å². The summed E-state index contributed by atoms with van der Waals surface area (Å²) in [6.45, 7) is 0. The lowest BCUT2D eigenvalue weighted by Gasteiger charge is -2.27. The van der Waals surface area contributed by atoms with Gasteiger partial charge in [0.25, 0.3) is 0 Å². The van der Waals surface area contributed by atoms with Crippen molar-refractivity contribution in [3.05, 3.63) is 218 Å². The van der Waals surface area contributed by atoms with Crippen molar-refractivity contribution in [2.45, 2.75) is 0 Å². The molecule has 14 aromatic rings. The fraction of sp³-hybridized carbons (Fsp3) is 0. The number of benzene rings is 10. The summed E-state index contributed by atoms with van der Waals surface area (Å²) in [5.41, 5.74) is 14.6. The van der Waals surface area contributed by atoms with Gasteiger partial charge in [-0.2, -0.15) is 0 Å². The van der Waals surface area contributed by atoms with Gasteiger partial charge in [-0.15, -0.1) is 11.3 Å². The normalized spacial score (nSPS) is 12.0. The molecule has 4 aromatic heterocycles. The second-order valence-corrected chi connectivity index (χ2v) is 17.8. The van der Waals surface area contributed by atoms with E-state index in [4.69, 9.17) is 8.83 Å². The second-order valence-electron chi connectivity index (χ2n) is 16.8. The van der Waals surface area contributed by atoms with Crippen molar-refractivity contribution in [3.63, 3.8) is 0 Å². The highest BCUT2D eigenvalue weighted by Crippen LogP contribution is 2.50. The van der Waals surface area contributed by atoms with Crippen molar-refractivity contribution in [2.75, 3.05) is 4.90 Å². The fourth-order valence-corrected chi connectivity index (χ4v) is 11.6. The van der Waals surface area contributed by atoms with Gasteiger partial charge in [-0.3, -0.25) is 0 Å². The maximum absolute atomic E-state index is 7.01. The van der Waals surface area contributed by atoms with Crippen molar-refractivity contribution in [2.24, 2.45) is 0 Å². The van der Waals surface area contributed by atoms with Crippen molar-refractivity contribution in [1.29, 1.82) is 0 Å². The maximum atomic E-state index is 7.01. The Bertz CT molecular complexity index is 4150. The first-order valence-electron chi connectivity index (χ1n) is 22.0. The third kappa shape index (κ3) is 5.43. The standard InChI is InChI=1S/C60H36N2O2S/c1-6-23-49-43(16-1)44-17-2-7-24-50(44)62(49)40-15-11-14-38(36-40)42-34-35-51(58-48-20-4-9-27-54(48)64-59(42)58)61(52-25-12-22-46-45-18-5-10-29-56(45)65-60(46)52)39-32-30-37(31-33-39)41-21-13-28-55-57(41)47-19-3-8-26-53(47)63-55/h1-36H. The molecule has 0 aliphatic heterocycles. The Labute approximate surface area is 377 Å². The summed E-state index contributed by atoms with van der Waals surface area (Å²) < 4.78 is 18.2. The van der Waals surface area contributed by atoms with Crippen molar-refractivity contribution < 1.29 is 8.83 Å². The van der Waals surface area contributed by atoms with Gasteiger partial charge < -0.3 is 18.3 Å². The molecule has 5 heteroatoms. The summed E-state index contributed by atoms with van der Waals surface area (Å²) in [6, 6.07) is 78.4. The van der Waals surface area contributed by atoms with Gasteiger partial charge in [-0.1, -0.05) is 140 Å². The lowest BCUT2D eigenvalue weighted by atomic mass is 9.98. The number of fused-ring (bicyclic) bond motifs is 12. The summed E-state index contributed by atoms with van der Waals surface area (Å²) in [6.07, 6.45) is 0. The number of furan rings is 2. The van der Waals surface area contributed by atoms with E-state index in [2.05, 4.69) is 216 Å². The van der Waals surface area contributed by atoms with Crippen LogP contribution in [0.15, 0.2) is 227 Å². The first kappa shape index (κ1) is 36.1. The molecule has 0 amide bonds.